The van der Waals surface area contributed by atoms with Gasteiger partial charge < -0.3 is 26.2 Å². The van der Waals surface area contributed by atoms with E-state index in [-0.39, 0.29) is 18.6 Å². The highest BCUT2D eigenvalue weighted by Gasteiger charge is 2.24. The summed E-state index contributed by atoms with van der Waals surface area (Å²) in [6.45, 7) is 0. The van der Waals surface area contributed by atoms with Crippen LogP contribution in [0.25, 0.3) is 0 Å². The Kier molecular flexibility index (Phi) is 5.32. The number of carbonyl (C=O) groups is 2. The van der Waals surface area contributed by atoms with E-state index in [0.29, 0.717) is 11.3 Å². The third-order valence-electron chi connectivity index (χ3n) is 3.31. The zero-order valence-electron chi connectivity index (χ0n) is 12.3. The molecule has 0 saturated heterocycles. The number of carboxylic acid groups (broad SMARTS) is 1. The highest BCUT2D eigenvalue weighted by Crippen LogP contribution is 2.11. The number of rotatable bonds is 7. The smallest absolute Gasteiger partial charge is 0.326 e. The predicted molar refractivity (Wildman–Crippen MR) is 81.6 cm³/mol. The quantitative estimate of drug-likeness (QED) is 0.478. The zero-order chi connectivity index (χ0) is 16.8. The lowest BCUT2D eigenvalue weighted by atomic mass is 10.0. The molecule has 122 valence electrons. The monoisotopic (exact) mass is 318 g/mol. The van der Waals surface area contributed by atoms with Crippen LogP contribution in [0.2, 0.25) is 0 Å². The highest BCUT2D eigenvalue weighted by molar-refractivity contribution is 5.87. The van der Waals surface area contributed by atoms with Crippen LogP contribution in [0.5, 0.6) is 5.75 Å². The molecule has 0 aliphatic rings. The van der Waals surface area contributed by atoms with E-state index in [2.05, 4.69) is 15.3 Å². The van der Waals surface area contributed by atoms with Gasteiger partial charge in [0.05, 0.1) is 18.1 Å². The minimum atomic E-state index is -1.15. The van der Waals surface area contributed by atoms with Crippen molar-refractivity contribution < 1.29 is 19.8 Å². The number of imidazole rings is 1. The minimum absolute atomic E-state index is 0.0886. The van der Waals surface area contributed by atoms with Crippen molar-refractivity contribution in [2.75, 3.05) is 0 Å². The molecule has 2 unspecified atom stereocenters. The number of amides is 1. The lowest BCUT2D eigenvalue weighted by Crippen LogP contribution is -2.50. The molecule has 1 aromatic carbocycles. The maximum atomic E-state index is 12.1. The van der Waals surface area contributed by atoms with Crippen molar-refractivity contribution in [1.29, 1.82) is 0 Å². The Morgan fingerprint density at radius 3 is 2.52 bits per heavy atom. The van der Waals surface area contributed by atoms with Crippen LogP contribution in [0, 0.1) is 0 Å². The lowest BCUT2D eigenvalue weighted by molar-refractivity contribution is -0.141. The Morgan fingerprint density at radius 1 is 1.26 bits per heavy atom. The third-order valence-corrected chi connectivity index (χ3v) is 3.31. The van der Waals surface area contributed by atoms with Crippen LogP contribution in [0.1, 0.15) is 11.3 Å². The SMILES string of the molecule is NC(Cc1c[nH]cn1)C(=O)NC(Cc1ccc(O)cc1)C(=O)O. The summed E-state index contributed by atoms with van der Waals surface area (Å²) in [4.78, 5) is 30.1. The van der Waals surface area contributed by atoms with E-state index in [9.17, 15) is 19.8 Å². The summed E-state index contributed by atoms with van der Waals surface area (Å²) in [6.07, 6.45) is 3.40. The molecule has 1 aromatic heterocycles. The van der Waals surface area contributed by atoms with E-state index in [0.717, 1.165) is 0 Å². The normalized spacial score (nSPS) is 13.3. The Hall–Kier alpha value is -2.87. The van der Waals surface area contributed by atoms with Gasteiger partial charge in [0.1, 0.15) is 11.8 Å². The summed E-state index contributed by atoms with van der Waals surface area (Å²) in [7, 11) is 0. The number of benzene rings is 1. The van der Waals surface area contributed by atoms with E-state index >= 15 is 0 Å². The van der Waals surface area contributed by atoms with Gasteiger partial charge >= 0.3 is 5.97 Å². The van der Waals surface area contributed by atoms with Gasteiger partial charge in [-0.3, -0.25) is 4.79 Å². The molecule has 0 saturated carbocycles. The molecule has 1 amide bonds. The first-order chi connectivity index (χ1) is 11.0. The fraction of sp³-hybridized carbons (Fsp3) is 0.267. The third kappa shape index (κ3) is 4.82. The summed E-state index contributed by atoms with van der Waals surface area (Å²) >= 11 is 0. The number of H-pyrrole nitrogens is 1. The second kappa shape index (κ2) is 7.41. The maximum Gasteiger partial charge on any atom is 0.326 e. The van der Waals surface area contributed by atoms with Crippen LogP contribution in [0.4, 0.5) is 0 Å². The number of aromatic hydroxyl groups is 1. The molecule has 8 nitrogen and oxygen atoms in total. The zero-order valence-corrected chi connectivity index (χ0v) is 12.3. The molecule has 2 rings (SSSR count). The van der Waals surface area contributed by atoms with Crippen molar-refractivity contribution in [3.05, 3.63) is 48.0 Å². The van der Waals surface area contributed by atoms with Gasteiger partial charge in [0.25, 0.3) is 0 Å². The van der Waals surface area contributed by atoms with Crippen LogP contribution < -0.4 is 11.1 Å². The highest BCUT2D eigenvalue weighted by atomic mass is 16.4. The molecule has 0 aliphatic carbocycles. The number of aliphatic carboxylic acids is 1. The first kappa shape index (κ1) is 16.5. The van der Waals surface area contributed by atoms with E-state index < -0.39 is 24.0 Å². The van der Waals surface area contributed by atoms with Crippen molar-refractivity contribution in [3.63, 3.8) is 0 Å². The second-order valence-corrected chi connectivity index (χ2v) is 5.14. The van der Waals surface area contributed by atoms with Crippen molar-refractivity contribution in [2.24, 2.45) is 5.73 Å². The molecule has 6 N–H and O–H groups in total. The Bertz CT molecular complexity index is 655. The summed E-state index contributed by atoms with van der Waals surface area (Å²) < 4.78 is 0. The van der Waals surface area contributed by atoms with Crippen molar-refractivity contribution in [3.8, 4) is 5.75 Å². The van der Waals surface area contributed by atoms with Gasteiger partial charge in [-0.1, -0.05) is 12.1 Å². The van der Waals surface area contributed by atoms with Crippen LogP contribution >= 0.6 is 0 Å². The van der Waals surface area contributed by atoms with Crippen molar-refractivity contribution in [2.45, 2.75) is 24.9 Å². The molecule has 23 heavy (non-hydrogen) atoms. The Balaban J connectivity index is 1.96. The molecular formula is C15H18N4O4. The number of nitrogens with one attached hydrogen (secondary N) is 2. The summed E-state index contributed by atoms with van der Waals surface area (Å²) in [5.74, 6) is -1.62. The molecule has 0 radical (unpaired) electrons. The maximum absolute atomic E-state index is 12.1. The number of phenolic OH excluding ortho intramolecular Hbond substituents is 1. The lowest BCUT2D eigenvalue weighted by Gasteiger charge is -2.17. The van der Waals surface area contributed by atoms with Gasteiger partial charge in [0.2, 0.25) is 5.91 Å². The molecule has 1 heterocycles. The Labute approximate surface area is 132 Å². The van der Waals surface area contributed by atoms with E-state index in [4.69, 9.17) is 5.73 Å². The number of nitrogens with zero attached hydrogens (tertiary/aromatic N) is 1. The van der Waals surface area contributed by atoms with Crippen molar-refractivity contribution >= 4 is 11.9 Å². The number of carbonyl (C=O) groups excluding carboxylic acids is 1. The van der Waals surface area contributed by atoms with Gasteiger partial charge in [0, 0.05) is 19.0 Å². The molecule has 2 atom stereocenters. The van der Waals surface area contributed by atoms with Crippen LogP contribution in [0.15, 0.2) is 36.8 Å². The molecule has 0 fully saturated rings. The average Bonchev–Trinajstić information content (AvgIpc) is 3.01. The van der Waals surface area contributed by atoms with Gasteiger partial charge in [0.15, 0.2) is 0 Å². The molecule has 2 aromatic rings. The molecule has 8 heteroatoms. The number of nitrogens with two attached hydrogens (primary N) is 1. The summed E-state index contributed by atoms with van der Waals surface area (Å²) in [5.41, 5.74) is 7.08. The van der Waals surface area contributed by atoms with E-state index in [1.54, 1.807) is 18.3 Å². The molecule has 0 bridgehead atoms. The van der Waals surface area contributed by atoms with Gasteiger partial charge in [-0.25, -0.2) is 9.78 Å². The first-order valence-electron chi connectivity index (χ1n) is 7.00. The molecule has 0 spiro atoms. The number of phenols is 1. The van der Waals surface area contributed by atoms with Crippen LogP contribution in [0.3, 0.4) is 0 Å². The van der Waals surface area contributed by atoms with Gasteiger partial charge in [-0.2, -0.15) is 0 Å². The van der Waals surface area contributed by atoms with E-state index in [1.165, 1.54) is 18.5 Å². The average molecular weight is 318 g/mol. The first-order valence-corrected chi connectivity index (χ1v) is 7.00. The van der Waals surface area contributed by atoms with Crippen LogP contribution in [-0.2, 0) is 22.4 Å². The topological polar surface area (TPSA) is 141 Å². The van der Waals surface area contributed by atoms with E-state index in [1.807, 2.05) is 0 Å². The summed E-state index contributed by atoms with van der Waals surface area (Å²) in [5, 5.41) is 20.9. The standard InChI is InChI=1S/C15H18N4O4/c16-12(6-10-7-17-8-18-10)14(21)19-13(15(22)23)5-9-1-3-11(20)4-2-9/h1-4,7-8,12-13,20H,5-6,16H2,(H,17,18)(H,19,21)(H,22,23). The van der Waals surface area contributed by atoms with Crippen molar-refractivity contribution in [1.82, 2.24) is 15.3 Å². The number of carboxylic acids is 1. The summed E-state index contributed by atoms with van der Waals surface area (Å²) in [6, 6.07) is 4.12. The fourth-order valence-corrected chi connectivity index (χ4v) is 2.07. The number of aromatic nitrogens is 2. The predicted octanol–water partition coefficient (Wildman–Crippen LogP) is -0.203. The minimum Gasteiger partial charge on any atom is -0.508 e. The Morgan fingerprint density at radius 2 is 1.96 bits per heavy atom. The second-order valence-electron chi connectivity index (χ2n) is 5.14. The van der Waals surface area contributed by atoms with Gasteiger partial charge in [-0.05, 0) is 17.7 Å². The largest absolute Gasteiger partial charge is 0.508 e. The number of hydrogen-bond donors (Lipinski definition) is 5. The molecule has 0 aliphatic heterocycles. The fourth-order valence-electron chi connectivity index (χ4n) is 2.07. The number of hydrogen-bond acceptors (Lipinski definition) is 5. The van der Waals surface area contributed by atoms with Crippen LogP contribution in [-0.4, -0.2) is 44.1 Å². The molecular weight excluding hydrogens is 300 g/mol. The number of aromatic amines is 1. The van der Waals surface area contributed by atoms with Gasteiger partial charge in [-0.15, -0.1) is 0 Å².